The predicted octanol–water partition coefficient (Wildman–Crippen LogP) is 2.82. The van der Waals surface area contributed by atoms with Crippen LogP contribution in [0.25, 0.3) is 0 Å². The zero-order chi connectivity index (χ0) is 15.9. The first-order valence-electron chi connectivity index (χ1n) is 8.11. The number of carbonyl (C=O) groups is 1. The lowest BCUT2D eigenvalue weighted by Gasteiger charge is -2.12. The number of amides is 1. The number of rotatable bonds is 7. The van der Waals surface area contributed by atoms with Gasteiger partial charge in [-0.3, -0.25) is 4.79 Å². The van der Waals surface area contributed by atoms with Crippen molar-refractivity contribution in [2.45, 2.75) is 18.9 Å². The molecule has 0 bridgehead atoms. The highest BCUT2D eigenvalue weighted by molar-refractivity contribution is 5.94. The summed E-state index contributed by atoms with van der Waals surface area (Å²) in [6, 6.07) is 17.5. The van der Waals surface area contributed by atoms with Crippen molar-refractivity contribution in [1.82, 2.24) is 10.6 Å². The smallest absolute Gasteiger partial charge is 0.251 e. The van der Waals surface area contributed by atoms with E-state index in [0.29, 0.717) is 12.1 Å². The Morgan fingerprint density at radius 1 is 1.04 bits per heavy atom. The second kappa shape index (κ2) is 9.30. The van der Waals surface area contributed by atoms with Gasteiger partial charge in [0.25, 0.3) is 5.91 Å². The van der Waals surface area contributed by atoms with Crippen molar-refractivity contribution in [2.24, 2.45) is 0 Å². The molecular weight excluding hydrogens is 324 g/mol. The van der Waals surface area contributed by atoms with E-state index in [-0.39, 0.29) is 24.4 Å². The highest BCUT2D eigenvalue weighted by atomic mass is 35.5. The number of hydrogen-bond donors (Lipinski definition) is 2. The van der Waals surface area contributed by atoms with Gasteiger partial charge < -0.3 is 15.4 Å². The fourth-order valence-corrected chi connectivity index (χ4v) is 2.74. The van der Waals surface area contributed by atoms with Crippen molar-refractivity contribution in [3.8, 4) is 5.75 Å². The minimum Gasteiger partial charge on any atom is -0.488 e. The molecule has 1 aliphatic heterocycles. The summed E-state index contributed by atoms with van der Waals surface area (Å²) in [5.41, 5.74) is 1.99. The van der Waals surface area contributed by atoms with Gasteiger partial charge in [0.05, 0.1) is 0 Å². The van der Waals surface area contributed by atoms with E-state index in [2.05, 4.69) is 16.7 Å². The first-order chi connectivity index (χ1) is 11.3. The van der Waals surface area contributed by atoms with Gasteiger partial charge in [0.15, 0.2) is 0 Å². The predicted molar refractivity (Wildman–Crippen MR) is 98.1 cm³/mol. The lowest BCUT2D eigenvalue weighted by molar-refractivity contribution is 0.0953. The maximum Gasteiger partial charge on any atom is 0.251 e. The summed E-state index contributed by atoms with van der Waals surface area (Å²) < 4.78 is 5.88. The molecule has 2 aromatic carbocycles. The Bertz CT molecular complexity index is 624. The van der Waals surface area contributed by atoms with Gasteiger partial charge in [0.2, 0.25) is 0 Å². The Kier molecular flexibility index (Phi) is 7.09. The molecule has 4 nitrogen and oxygen atoms in total. The summed E-state index contributed by atoms with van der Waals surface area (Å²) >= 11 is 0. The molecule has 0 spiro atoms. The summed E-state index contributed by atoms with van der Waals surface area (Å²) in [6.07, 6.45) is 2.08. The molecule has 0 radical (unpaired) electrons. The van der Waals surface area contributed by atoms with Crippen molar-refractivity contribution in [3.63, 3.8) is 0 Å². The molecule has 0 fully saturated rings. The highest BCUT2D eigenvalue weighted by Gasteiger charge is 2.21. The largest absolute Gasteiger partial charge is 0.488 e. The SMILES string of the molecule is Cl.O=C(NCCCNCC1Cc2ccccc2O1)c1ccccc1. The van der Waals surface area contributed by atoms with E-state index >= 15 is 0 Å². The van der Waals surface area contributed by atoms with Crippen LogP contribution in [0.2, 0.25) is 0 Å². The molecule has 0 saturated heterocycles. The fraction of sp³-hybridized carbons (Fsp3) is 0.316. The fourth-order valence-electron chi connectivity index (χ4n) is 2.74. The third kappa shape index (κ3) is 4.98. The Labute approximate surface area is 149 Å². The Morgan fingerprint density at radius 2 is 1.79 bits per heavy atom. The molecular formula is C19H23ClN2O2. The van der Waals surface area contributed by atoms with Crippen molar-refractivity contribution in [1.29, 1.82) is 0 Å². The normalized spacial score (nSPS) is 15.1. The quantitative estimate of drug-likeness (QED) is 0.758. The number of nitrogens with one attached hydrogen (secondary N) is 2. The molecule has 0 aromatic heterocycles. The van der Waals surface area contributed by atoms with Gasteiger partial charge in [-0.2, -0.15) is 0 Å². The summed E-state index contributed by atoms with van der Waals surface area (Å²) in [5.74, 6) is 0.995. The van der Waals surface area contributed by atoms with Gasteiger partial charge in [-0.1, -0.05) is 36.4 Å². The number of halogens is 1. The van der Waals surface area contributed by atoms with Crippen LogP contribution in [0.1, 0.15) is 22.3 Å². The zero-order valence-electron chi connectivity index (χ0n) is 13.5. The van der Waals surface area contributed by atoms with E-state index in [4.69, 9.17) is 4.74 Å². The maximum atomic E-state index is 11.9. The summed E-state index contributed by atoms with van der Waals surface area (Å²) in [7, 11) is 0. The van der Waals surface area contributed by atoms with E-state index in [1.807, 2.05) is 48.5 Å². The monoisotopic (exact) mass is 346 g/mol. The highest BCUT2D eigenvalue weighted by Crippen LogP contribution is 2.27. The van der Waals surface area contributed by atoms with Crippen LogP contribution < -0.4 is 15.4 Å². The first kappa shape index (κ1) is 18.3. The topological polar surface area (TPSA) is 50.4 Å². The van der Waals surface area contributed by atoms with Crippen LogP contribution in [0.4, 0.5) is 0 Å². The Balaban J connectivity index is 0.00000208. The lowest BCUT2D eigenvalue weighted by atomic mass is 10.1. The molecule has 2 aromatic rings. The maximum absolute atomic E-state index is 11.9. The number of benzene rings is 2. The Hall–Kier alpha value is -2.04. The molecule has 0 aliphatic carbocycles. The molecule has 1 heterocycles. The average molecular weight is 347 g/mol. The third-order valence-electron chi connectivity index (χ3n) is 3.94. The molecule has 5 heteroatoms. The molecule has 1 aliphatic rings. The molecule has 128 valence electrons. The molecule has 1 atom stereocenters. The number of fused-ring (bicyclic) bond motifs is 1. The second-order valence-electron chi connectivity index (χ2n) is 5.73. The minimum atomic E-state index is -0.0137. The van der Waals surface area contributed by atoms with Crippen molar-refractivity contribution < 1.29 is 9.53 Å². The molecule has 2 N–H and O–H groups in total. The van der Waals surface area contributed by atoms with Gasteiger partial charge in [0, 0.05) is 25.1 Å². The van der Waals surface area contributed by atoms with Crippen LogP contribution in [0, 0.1) is 0 Å². The second-order valence-corrected chi connectivity index (χ2v) is 5.73. The van der Waals surface area contributed by atoms with E-state index in [1.165, 1.54) is 5.56 Å². The van der Waals surface area contributed by atoms with Crippen LogP contribution in [-0.4, -0.2) is 31.6 Å². The number of para-hydroxylation sites is 1. The van der Waals surface area contributed by atoms with Crippen molar-refractivity contribution in [3.05, 3.63) is 65.7 Å². The number of hydrogen-bond acceptors (Lipinski definition) is 3. The summed E-state index contributed by atoms with van der Waals surface area (Å²) in [6.45, 7) is 2.37. The molecule has 1 unspecified atom stereocenters. The van der Waals surface area contributed by atoms with Gasteiger partial charge >= 0.3 is 0 Å². The van der Waals surface area contributed by atoms with E-state index in [9.17, 15) is 4.79 Å². The van der Waals surface area contributed by atoms with Crippen molar-refractivity contribution >= 4 is 18.3 Å². The summed E-state index contributed by atoms with van der Waals surface area (Å²) in [4.78, 5) is 11.9. The first-order valence-corrected chi connectivity index (χ1v) is 8.11. The van der Waals surface area contributed by atoms with Crippen LogP contribution in [0.5, 0.6) is 5.75 Å². The molecule has 1 amide bonds. The number of carbonyl (C=O) groups excluding carboxylic acids is 1. The van der Waals surface area contributed by atoms with Gasteiger partial charge in [-0.05, 0) is 36.7 Å². The van der Waals surface area contributed by atoms with E-state index in [0.717, 1.165) is 31.7 Å². The Morgan fingerprint density at radius 3 is 2.58 bits per heavy atom. The van der Waals surface area contributed by atoms with Crippen LogP contribution >= 0.6 is 12.4 Å². The molecule has 3 rings (SSSR count). The van der Waals surface area contributed by atoms with Gasteiger partial charge in [0.1, 0.15) is 11.9 Å². The zero-order valence-corrected chi connectivity index (χ0v) is 14.4. The third-order valence-corrected chi connectivity index (χ3v) is 3.94. The van der Waals surface area contributed by atoms with Crippen LogP contribution in [0.3, 0.4) is 0 Å². The molecule has 24 heavy (non-hydrogen) atoms. The van der Waals surface area contributed by atoms with Crippen LogP contribution in [0.15, 0.2) is 54.6 Å². The minimum absolute atomic E-state index is 0. The standard InChI is InChI=1S/C19H22N2O2.ClH/c22-19(15-7-2-1-3-8-15)21-12-6-11-20-14-17-13-16-9-4-5-10-18(16)23-17;/h1-5,7-10,17,20H,6,11-14H2,(H,21,22);1H. The number of ether oxygens (including phenoxy) is 1. The van der Waals surface area contributed by atoms with E-state index in [1.54, 1.807) is 0 Å². The van der Waals surface area contributed by atoms with E-state index < -0.39 is 0 Å². The van der Waals surface area contributed by atoms with Gasteiger partial charge in [-0.15, -0.1) is 12.4 Å². The average Bonchev–Trinajstić information content (AvgIpc) is 3.01. The van der Waals surface area contributed by atoms with Crippen molar-refractivity contribution in [2.75, 3.05) is 19.6 Å². The molecule has 0 saturated carbocycles. The van der Waals surface area contributed by atoms with Gasteiger partial charge in [-0.25, -0.2) is 0 Å². The van der Waals surface area contributed by atoms with Crippen LogP contribution in [-0.2, 0) is 6.42 Å². The lowest BCUT2D eigenvalue weighted by Crippen LogP contribution is -2.32. The summed E-state index contributed by atoms with van der Waals surface area (Å²) in [5, 5.41) is 6.33.